The van der Waals surface area contributed by atoms with E-state index in [4.69, 9.17) is 0 Å². The first-order valence-corrected chi connectivity index (χ1v) is 15.4. The van der Waals surface area contributed by atoms with E-state index in [-0.39, 0.29) is 32.0 Å². The summed E-state index contributed by atoms with van der Waals surface area (Å²) in [6.07, 6.45) is -9.47. The molecule has 0 spiro atoms. The number of hydrogen-bond donors (Lipinski definition) is 0. The summed E-state index contributed by atoms with van der Waals surface area (Å²) in [6.45, 7) is 28.5. The molecule has 0 N–H and O–H groups in total. The van der Waals surface area contributed by atoms with Crippen LogP contribution in [0.2, 0.25) is 0 Å². The Labute approximate surface area is 222 Å². The third-order valence-corrected chi connectivity index (χ3v) is 14.0. The predicted molar refractivity (Wildman–Crippen MR) is 147 cm³/mol. The van der Waals surface area contributed by atoms with Gasteiger partial charge in [0.1, 0.15) is 0 Å². The lowest BCUT2D eigenvalue weighted by Gasteiger charge is -2.44. The Balaban J connectivity index is 2.75. The second-order valence-corrected chi connectivity index (χ2v) is 21.3. The molecule has 2 radical (unpaired) electrons. The fourth-order valence-corrected chi connectivity index (χ4v) is 11.8. The SMILES string of the molecule is CC(C)(C)P(CN1[C]N(CP(C(C)(C)C)C(C)(C)C)c2cc(C(F)(F)F)c(C(F)(F)F)cc21)C(C)(C)C. The van der Waals surface area contributed by atoms with E-state index in [1.807, 2.05) is 0 Å². The second kappa shape index (κ2) is 10.0. The number of halogens is 6. The Morgan fingerprint density at radius 1 is 0.541 bits per heavy atom. The number of rotatable bonds is 4. The van der Waals surface area contributed by atoms with Crippen molar-refractivity contribution in [2.45, 2.75) is 116 Å². The highest BCUT2D eigenvalue weighted by Crippen LogP contribution is 2.63. The molecule has 2 nitrogen and oxygen atoms in total. The van der Waals surface area contributed by atoms with E-state index in [0.717, 1.165) is 0 Å². The molecule has 10 heteroatoms. The number of alkyl halides is 6. The average Bonchev–Trinajstić information content (AvgIpc) is 2.95. The molecule has 0 bridgehead atoms. The molecule has 0 unspecified atom stereocenters. The van der Waals surface area contributed by atoms with Gasteiger partial charge in [0, 0.05) is 12.6 Å². The molecule has 0 saturated carbocycles. The molecule has 1 aromatic rings. The number of nitrogens with zero attached hydrogens (tertiary/aromatic N) is 2. The summed E-state index contributed by atoms with van der Waals surface area (Å²) in [4.78, 5) is 3.29. The molecular formula is C27H42F6N2P2. The highest BCUT2D eigenvalue weighted by molar-refractivity contribution is 7.61. The third kappa shape index (κ3) is 7.68. The second-order valence-electron chi connectivity index (χ2n) is 13.7. The number of anilines is 2. The molecule has 1 aliphatic rings. The van der Waals surface area contributed by atoms with Crippen molar-refractivity contribution in [1.82, 2.24) is 0 Å². The van der Waals surface area contributed by atoms with Crippen LogP contribution in [-0.2, 0) is 12.4 Å². The van der Waals surface area contributed by atoms with Crippen molar-refractivity contribution in [3.63, 3.8) is 0 Å². The standard InChI is InChI=1S/C27H42F6N2P2/c1-22(2,3)36(23(4,5)6)16-34-15-35(17-37(24(7,8)9)25(10,11)12)21-14-19(27(31,32)33)18(13-20(21)34)26(28,29)30/h13-14H,16-17H2,1-12H3. The maximum atomic E-state index is 13.9. The molecule has 0 saturated heterocycles. The average molecular weight is 571 g/mol. The predicted octanol–water partition coefficient (Wildman–Crippen LogP) is 10.4. The maximum Gasteiger partial charge on any atom is 0.417 e. The molecule has 0 aliphatic carbocycles. The summed E-state index contributed by atoms with van der Waals surface area (Å²) in [7, 11) is -1.58. The Bertz CT molecular complexity index is 855. The highest BCUT2D eigenvalue weighted by Gasteiger charge is 2.47. The quantitative estimate of drug-likeness (QED) is 0.263. The van der Waals surface area contributed by atoms with Gasteiger partial charge in [0.2, 0.25) is 6.67 Å². The number of benzene rings is 1. The van der Waals surface area contributed by atoms with Crippen LogP contribution < -0.4 is 9.80 Å². The largest absolute Gasteiger partial charge is 0.417 e. The van der Waals surface area contributed by atoms with Crippen molar-refractivity contribution in [1.29, 1.82) is 0 Å². The van der Waals surface area contributed by atoms with E-state index in [2.05, 4.69) is 89.8 Å². The van der Waals surface area contributed by atoms with Crippen LogP contribution in [-0.4, -0.2) is 33.2 Å². The zero-order valence-electron chi connectivity index (χ0n) is 24.1. The molecule has 212 valence electrons. The number of fused-ring (bicyclic) bond motifs is 1. The zero-order chi connectivity index (χ0) is 29.2. The summed E-state index contributed by atoms with van der Waals surface area (Å²) < 4.78 is 83.3. The van der Waals surface area contributed by atoms with E-state index in [1.165, 1.54) is 0 Å². The first-order chi connectivity index (χ1) is 16.1. The summed E-state index contributed by atoms with van der Waals surface area (Å²) >= 11 is 0. The molecule has 37 heavy (non-hydrogen) atoms. The molecule has 0 aromatic heterocycles. The molecule has 1 aliphatic heterocycles. The molecular weight excluding hydrogens is 528 g/mol. The van der Waals surface area contributed by atoms with Crippen LogP contribution in [0.3, 0.4) is 0 Å². The van der Waals surface area contributed by atoms with Gasteiger partial charge in [-0.25, -0.2) is 0 Å². The van der Waals surface area contributed by atoms with Gasteiger partial charge in [-0.1, -0.05) is 98.9 Å². The van der Waals surface area contributed by atoms with Gasteiger partial charge in [-0.3, -0.25) is 0 Å². The van der Waals surface area contributed by atoms with Crippen LogP contribution in [0.25, 0.3) is 0 Å². The minimum atomic E-state index is -5.14. The molecule has 0 atom stereocenters. The van der Waals surface area contributed by atoms with E-state index in [0.29, 0.717) is 24.7 Å². The summed E-state index contributed by atoms with van der Waals surface area (Å²) in [6, 6.07) is 1.36. The van der Waals surface area contributed by atoms with Gasteiger partial charge in [0.05, 0.1) is 22.5 Å². The minimum Gasteiger partial charge on any atom is -0.335 e. The van der Waals surface area contributed by atoms with Crippen molar-refractivity contribution in [2.24, 2.45) is 0 Å². The van der Waals surface area contributed by atoms with Gasteiger partial charge in [0.15, 0.2) is 0 Å². The van der Waals surface area contributed by atoms with Crippen molar-refractivity contribution in [2.75, 3.05) is 22.4 Å². The summed E-state index contributed by atoms with van der Waals surface area (Å²) in [5.41, 5.74) is -3.03. The van der Waals surface area contributed by atoms with Gasteiger partial charge in [-0.05, 0) is 32.8 Å². The van der Waals surface area contributed by atoms with Crippen LogP contribution in [0.15, 0.2) is 12.1 Å². The molecule has 2 rings (SSSR count). The monoisotopic (exact) mass is 570 g/mol. The van der Waals surface area contributed by atoms with Gasteiger partial charge in [-0.15, -0.1) is 0 Å². The van der Waals surface area contributed by atoms with Crippen LogP contribution in [0.4, 0.5) is 37.7 Å². The van der Waals surface area contributed by atoms with Crippen molar-refractivity contribution in [3.8, 4) is 0 Å². The summed E-state index contributed by atoms with van der Waals surface area (Å²) in [5, 5.41) is -0.536. The first kappa shape index (κ1) is 32.5. The minimum absolute atomic E-state index is 0.134. The van der Waals surface area contributed by atoms with E-state index < -0.39 is 39.3 Å². The topological polar surface area (TPSA) is 6.48 Å². The zero-order valence-corrected chi connectivity index (χ0v) is 25.9. The lowest BCUT2D eigenvalue weighted by molar-refractivity contribution is -0.162. The van der Waals surface area contributed by atoms with Gasteiger partial charge in [-0.2, -0.15) is 26.3 Å². The van der Waals surface area contributed by atoms with Crippen LogP contribution in [0, 0.1) is 6.67 Å². The fraction of sp³-hybridized carbons (Fsp3) is 0.741. The molecule has 1 heterocycles. The van der Waals surface area contributed by atoms with E-state index in [9.17, 15) is 26.3 Å². The molecule has 1 aromatic carbocycles. The van der Waals surface area contributed by atoms with Crippen LogP contribution in [0.1, 0.15) is 94.2 Å². The van der Waals surface area contributed by atoms with E-state index in [1.54, 1.807) is 9.80 Å². The normalized spacial score (nSPS) is 16.3. The van der Waals surface area contributed by atoms with Crippen molar-refractivity contribution >= 4 is 27.2 Å². The Hall–Kier alpha value is -0.740. The lowest BCUT2D eigenvalue weighted by Crippen LogP contribution is -2.36. The van der Waals surface area contributed by atoms with Gasteiger partial charge >= 0.3 is 12.4 Å². The molecule has 0 fully saturated rings. The Morgan fingerprint density at radius 2 is 0.784 bits per heavy atom. The highest BCUT2D eigenvalue weighted by atomic mass is 31.1. The van der Waals surface area contributed by atoms with Crippen LogP contribution in [0.5, 0.6) is 0 Å². The fourth-order valence-electron chi connectivity index (χ4n) is 5.09. The number of hydrogen-bond acceptors (Lipinski definition) is 2. The van der Waals surface area contributed by atoms with Crippen LogP contribution >= 0.6 is 15.8 Å². The smallest absolute Gasteiger partial charge is 0.335 e. The van der Waals surface area contributed by atoms with E-state index >= 15 is 0 Å². The lowest BCUT2D eigenvalue weighted by atomic mass is 10.0. The molecule has 0 amide bonds. The van der Waals surface area contributed by atoms with Gasteiger partial charge < -0.3 is 9.80 Å². The maximum absolute atomic E-state index is 13.9. The first-order valence-electron chi connectivity index (χ1n) is 12.3. The van der Waals surface area contributed by atoms with Crippen molar-refractivity contribution < 1.29 is 26.3 Å². The van der Waals surface area contributed by atoms with Crippen molar-refractivity contribution in [3.05, 3.63) is 29.9 Å². The van der Waals surface area contributed by atoms with Gasteiger partial charge in [0.25, 0.3) is 0 Å². The Kier molecular flexibility index (Phi) is 8.80. The Morgan fingerprint density at radius 3 is 0.973 bits per heavy atom. The third-order valence-electron chi connectivity index (χ3n) is 6.35. The summed E-state index contributed by atoms with van der Waals surface area (Å²) in [5.74, 6) is 0.